The monoisotopic (exact) mass is 410 g/mol. The minimum Gasteiger partial charge on any atom is -0.333 e. The van der Waals surface area contributed by atoms with E-state index < -0.39 is 5.54 Å². The number of hydrogen-bond donors (Lipinski definition) is 0. The zero-order valence-corrected chi connectivity index (χ0v) is 18.6. The van der Waals surface area contributed by atoms with Gasteiger partial charge in [0.25, 0.3) is 17.7 Å². The van der Waals surface area contributed by atoms with Crippen LogP contribution in [0.4, 0.5) is 0 Å². The zero-order valence-electron chi connectivity index (χ0n) is 18.6. The SMILES string of the molecule is CC(C)(C)N1C(=O)c2ccc(C(=O)N(C3CCCCC3)C3CCCCC3)cc2C1=O. The molecule has 1 aromatic rings. The molecule has 162 valence electrons. The fraction of sp³-hybridized carbons (Fsp3) is 0.640. The van der Waals surface area contributed by atoms with E-state index in [1.54, 1.807) is 18.2 Å². The minimum absolute atomic E-state index is 0.0334. The van der Waals surface area contributed by atoms with Crippen molar-refractivity contribution in [1.29, 1.82) is 0 Å². The highest BCUT2D eigenvalue weighted by Crippen LogP contribution is 2.34. The molecule has 1 aromatic carbocycles. The Kier molecular flexibility index (Phi) is 5.73. The van der Waals surface area contributed by atoms with Crippen LogP contribution >= 0.6 is 0 Å². The van der Waals surface area contributed by atoms with Crippen LogP contribution in [0.15, 0.2) is 18.2 Å². The van der Waals surface area contributed by atoms with Gasteiger partial charge in [0.05, 0.1) is 11.1 Å². The summed E-state index contributed by atoms with van der Waals surface area (Å²) in [7, 11) is 0. The standard InChI is InChI=1S/C25H34N2O3/c1-25(2,3)27-23(29)20-15-14-17(16-21(20)24(27)30)22(28)26(18-10-6-4-7-11-18)19-12-8-5-9-13-19/h14-16,18-19H,4-13H2,1-3H3. The van der Waals surface area contributed by atoms with Crippen molar-refractivity contribution >= 4 is 17.7 Å². The highest BCUT2D eigenvalue weighted by Gasteiger charge is 2.42. The first-order valence-electron chi connectivity index (χ1n) is 11.6. The van der Waals surface area contributed by atoms with Gasteiger partial charge in [-0.05, 0) is 64.7 Å². The predicted molar refractivity (Wildman–Crippen MR) is 117 cm³/mol. The van der Waals surface area contributed by atoms with Gasteiger partial charge in [0, 0.05) is 23.2 Å². The maximum Gasteiger partial charge on any atom is 0.262 e. The molecule has 2 aliphatic carbocycles. The Morgan fingerprint density at radius 1 is 0.833 bits per heavy atom. The van der Waals surface area contributed by atoms with E-state index in [0.717, 1.165) is 25.7 Å². The second-order valence-corrected chi connectivity index (χ2v) is 10.2. The summed E-state index contributed by atoms with van der Waals surface area (Å²) < 4.78 is 0. The number of carbonyl (C=O) groups is 3. The number of fused-ring (bicyclic) bond motifs is 1. The summed E-state index contributed by atoms with van der Waals surface area (Å²) in [5, 5.41) is 0. The van der Waals surface area contributed by atoms with E-state index in [1.807, 2.05) is 20.8 Å². The van der Waals surface area contributed by atoms with Crippen molar-refractivity contribution in [3.8, 4) is 0 Å². The van der Waals surface area contributed by atoms with E-state index in [1.165, 1.54) is 43.4 Å². The fourth-order valence-electron chi connectivity index (χ4n) is 5.48. The van der Waals surface area contributed by atoms with Gasteiger partial charge in [-0.25, -0.2) is 0 Å². The van der Waals surface area contributed by atoms with Crippen LogP contribution in [0.1, 0.15) is 116 Å². The second kappa shape index (κ2) is 8.16. The quantitative estimate of drug-likeness (QED) is 0.645. The van der Waals surface area contributed by atoms with Gasteiger partial charge in [0.15, 0.2) is 0 Å². The Hall–Kier alpha value is -2.17. The van der Waals surface area contributed by atoms with Gasteiger partial charge in [-0.3, -0.25) is 19.3 Å². The van der Waals surface area contributed by atoms with Gasteiger partial charge in [-0.15, -0.1) is 0 Å². The van der Waals surface area contributed by atoms with Crippen molar-refractivity contribution in [2.24, 2.45) is 0 Å². The average molecular weight is 411 g/mol. The highest BCUT2D eigenvalue weighted by atomic mass is 16.2. The van der Waals surface area contributed by atoms with Gasteiger partial charge in [-0.2, -0.15) is 0 Å². The Labute approximate surface area is 179 Å². The number of imide groups is 1. The summed E-state index contributed by atoms with van der Waals surface area (Å²) in [6.45, 7) is 5.57. The van der Waals surface area contributed by atoms with E-state index in [9.17, 15) is 14.4 Å². The van der Waals surface area contributed by atoms with E-state index in [0.29, 0.717) is 28.8 Å². The zero-order chi connectivity index (χ0) is 21.5. The lowest BCUT2D eigenvalue weighted by Gasteiger charge is -2.42. The van der Waals surface area contributed by atoms with Crippen LogP contribution in [0, 0.1) is 0 Å². The first-order chi connectivity index (χ1) is 14.3. The third-order valence-corrected chi connectivity index (χ3v) is 6.98. The molecule has 2 saturated carbocycles. The molecule has 0 radical (unpaired) electrons. The van der Waals surface area contributed by atoms with Gasteiger partial charge in [-0.1, -0.05) is 38.5 Å². The van der Waals surface area contributed by atoms with Gasteiger partial charge in [0.2, 0.25) is 0 Å². The first kappa shape index (κ1) is 21.1. The summed E-state index contributed by atoms with van der Waals surface area (Å²) >= 11 is 0. The number of carbonyl (C=O) groups excluding carboxylic acids is 3. The van der Waals surface area contributed by atoms with Crippen LogP contribution in [0.2, 0.25) is 0 Å². The lowest BCUT2D eigenvalue weighted by Crippen LogP contribution is -2.48. The molecule has 0 bridgehead atoms. The van der Waals surface area contributed by atoms with Crippen LogP contribution in [0.3, 0.4) is 0 Å². The Bertz CT molecular complexity index is 824. The maximum absolute atomic E-state index is 13.7. The van der Waals surface area contributed by atoms with Crippen molar-refractivity contribution in [2.45, 2.75) is 103 Å². The number of benzene rings is 1. The Balaban J connectivity index is 1.66. The molecule has 0 saturated heterocycles. The first-order valence-corrected chi connectivity index (χ1v) is 11.6. The van der Waals surface area contributed by atoms with Crippen molar-refractivity contribution in [1.82, 2.24) is 9.80 Å². The molecule has 30 heavy (non-hydrogen) atoms. The molecule has 0 unspecified atom stereocenters. The molecule has 5 nitrogen and oxygen atoms in total. The summed E-state index contributed by atoms with van der Waals surface area (Å²) in [4.78, 5) is 42.9. The largest absolute Gasteiger partial charge is 0.333 e. The molecule has 0 N–H and O–H groups in total. The summed E-state index contributed by atoms with van der Waals surface area (Å²) in [6.07, 6.45) is 11.5. The van der Waals surface area contributed by atoms with Crippen molar-refractivity contribution in [3.63, 3.8) is 0 Å². The molecular weight excluding hydrogens is 376 g/mol. The number of amides is 3. The van der Waals surface area contributed by atoms with Crippen molar-refractivity contribution in [2.75, 3.05) is 0 Å². The number of nitrogens with zero attached hydrogens (tertiary/aromatic N) is 2. The highest BCUT2D eigenvalue weighted by molar-refractivity contribution is 6.22. The topological polar surface area (TPSA) is 57.7 Å². The smallest absolute Gasteiger partial charge is 0.262 e. The number of hydrogen-bond acceptors (Lipinski definition) is 3. The summed E-state index contributed by atoms with van der Waals surface area (Å²) in [5.41, 5.74) is 0.733. The lowest BCUT2D eigenvalue weighted by atomic mass is 9.88. The van der Waals surface area contributed by atoms with E-state index in [4.69, 9.17) is 0 Å². The lowest BCUT2D eigenvalue weighted by molar-refractivity contribution is 0.0447. The van der Waals surface area contributed by atoms with Crippen LogP contribution in [-0.2, 0) is 0 Å². The normalized spacial score (nSPS) is 21.1. The molecule has 3 aliphatic rings. The molecule has 2 fully saturated rings. The van der Waals surface area contributed by atoms with E-state index >= 15 is 0 Å². The molecule has 0 aromatic heterocycles. The van der Waals surface area contributed by atoms with Gasteiger partial charge < -0.3 is 4.90 Å². The Morgan fingerprint density at radius 3 is 1.83 bits per heavy atom. The van der Waals surface area contributed by atoms with Gasteiger partial charge >= 0.3 is 0 Å². The average Bonchev–Trinajstić information content (AvgIpc) is 2.99. The van der Waals surface area contributed by atoms with Crippen LogP contribution in [0.5, 0.6) is 0 Å². The third-order valence-electron chi connectivity index (χ3n) is 6.98. The molecule has 1 aliphatic heterocycles. The van der Waals surface area contributed by atoms with E-state index in [-0.39, 0.29) is 17.7 Å². The molecule has 0 atom stereocenters. The molecular formula is C25H34N2O3. The minimum atomic E-state index is -0.590. The summed E-state index contributed by atoms with van der Waals surface area (Å²) in [6, 6.07) is 5.69. The van der Waals surface area contributed by atoms with Crippen LogP contribution < -0.4 is 0 Å². The third kappa shape index (κ3) is 3.79. The van der Waals surface area contributed by atoms with Gasteiger partial charge in [0.1, 0.15) is 0 Å². The van der Waals surface area contributed by atoms with E-state index in [2.05, 4.69) is 4.90 Å². The Morgan fingerprint density at radius 2 is 1.33 bits per heavy atom. The molecule has 1 heterocycles. The second-order valence-electron chi connectivity index (χ2n) is 10.2. The van der Waals surface area contributed by atoms with Crippen molar-refractivity contribution < 1.29 is 14.4 Å². The molecule has 0 spiro atoms. The summed E-state index contributed by atoms with van der Waals surface area (Å²) in [5.74, 6) is -0.525. The molecule has 5 heteroatoms. The van der Waals surface area contributed by atoms with Crippen LogP contribution in [-0.4, -0.2) is 45.1 Å². The maximum atomic E-state index is 13.7. The predicted octanol–water partition coefficient (Wildman–Crippen LogP) is 5.19. The molecule has 3 amide bonds. The van der Waals surface area contributed by atoms with Crippen LogP contribution in [0.25, 0.3) is 0 Å². The fourth-order valence-corrected chi connectivity index (χ4v) is 5.48. The van der Waals surface area contributed by atoms with Crippen molar-refractivity contribution in [3.05, 3.63) is 34.9 Å². The molecule has 4 rings (SSSR count). The number of rotatable bonds is 3.